The van der Waals surface area contributed by atoms with Gasteiger partial charge in [-0.1, -0.05) is 19.1 Å². The number of hydrogen-bond donors (Lipinski definition) is 1. The predicted molar refractivity (Wildman–Crippen MR) is 69.1 cm³/mol. The van der Waals surface area contributed by atoms with Crippen molar-refractivity contribution < 1.29 is 21.9 Å². The Kier molecular flexibility index (Phi) is 6.17. The van der Waals surface area contributed by atoms with Gasteiger partial charge in [0, 0.05) is 18.8 Å². The lowest BCUT2D eigenvalue weighted by atomic mass is 10.2. The molecule has 0 spiro atoms. The van der Waals surface area contributed by atoms with E-state index in [1.54, 1.807) is 19.1 Å². The number of alkyl halides is 2. The summed E-state index contributed by atoms with van der Waals surface area (Å²) in [6.07, 6.45) is 0. The van der Waals surface area contributed by atoms with Crippen LogP contribution in [0.25, 0.3) is 0 Å². The molecule has 0 aliphatic rings. The third-order valence-electron chi connectivity index (χ3n) is 2.51. The summed E-state index contributed by atoms with van der Waals surface area (Å²) < 4.78 is 50.5. The summed E-state index contributed by atoms with van der Waals surface area (Å²) in [7, 11) is -2.96. The number of nitrogens with one attached hydrogen (secondary N) is 1. The van der Waals surface area contributed by atoms with Gasteiger partial charge in [0.2, 0.25) is 0 Å². The van der Waals surface area contributed by atoms with Gasteiger partial charge in [0.15, 0.2) is 9.84 Å². The molecule has 0 atom stereocenters. The van der Waals surface area contributed by atoms with E-state index in [-0.39, 0.29) is 17.3 Å². The van der Waals surface area contributed by atoms with Crippen LogP contribution in [0.15, 0.2) is 24.3 Å². The second-order valence-corrected chi connectivity index (χ2v) is 6.41. The molecule has 1 N–H and O–H groups in total. The van der Waals surface area contributed by atoms with Crippen LogP contribution in [0.1, 0.15) is 12.5 Å². The van der Waals surface area contributed by atoms with Crippen molar-refractivity contribution in [3.63, 3.8) is 0 Å². The third kappa shape index (κ3) is 6.49. The molecule has 0 unspecified atom stereocenters. The van der Waals surface area contributed by atoms with Crippen LogP contribution in [-0.2, 0) is 16.4 Å². The summed E-state index contributed by atoms with van der Waals surface area (Å²) in [6.45, 7) is -0.375. The SMILES string of the molecule is CCS(=O)(=O)CCNCc1ccc(OC(F)F)cc1. The Labute approximate surface area is 111 Å². The van der Waals surface area contributed by atoms with Crippen molar-refractivity contribution in [1.29, 1.82) is 0 Å². The predicted octanol–water partition coefficient (Wildman–Crippen LogP) is 1.81. The smallest absolute Gasteiger partial charge is 0.387 e. The number of hydrogen-bond acceptors (Lipinski definition) is 4. The van der Waals surface area contributed by atoms with E-state index in [2.05, 4.69) is 10.1 Å². The van der Waals surface area contributed by atoms with Crippen LogP contribution in [0.5, 0.6) is 5.75 Å². The molecule has 1 rings (SSSR count). The van der Waals surface area contributed by atoms with E-state index in [0.29, 0.717) is 13.1 Å². The Balaban J connectivity index is 2.34. The zero-order chi connectivity index (χ0) is 14.3. The molecule has 0 radical (unpaired) electrons. The van der Waals surface area contributed by atoms with Gasteiger partial charge in [-0.05, 0) is 17.7 Å². The maximum absolute atomic E-state index is 11.9. The molecule has 1 aromatic rings. The number of rotatable bonds is 8. The second kappa shape index (κ2) is 7.40. The molecule has 4 nitrogen and oxygen atoms in total. The van der Waals surface area contributed by atoms with E-state index in [4.69, 9.17) is 0 Å². The fourth-order valence-corrected chi connectivity index (χ4v) is 2.14. The van der Waals surface area contributed by atoms with E-state index in [9.17, 15) is 17.2 Å². The number of halogens is 2. The van der Waals surface area contributed by atoms with Gasteiger partial charge < -0.3 is 10.1 Å². The van der Waals surface area contributed by atoms with Crippen molar-refractivity contribution in [2.75, 3.05) is 18.1 Å². The maximum atomic E-state index is 11.9. The highest BCUT2D eigenvalue weighted by Crippen LogP contribution is 2.14. The third-order valence-corrected chi connectivity index (χ3v) is 4.21. The Morgan fingerprint density at radius 2 is 1.89 bits per heavy atom. The van der Waals surface area contributed by atoms with Crippen LogP contribution in [0.3, 0.4) is 0 Å². The highest BCUT2D eigenvalue weighted by molar-refractivity contribution is 7.91. The molecule has 0 amide bonds. The molecule has 0 saturated carbocycles. The molecule has 1 aromatic carbocycles. The summed E-state index contributed by atoms with van der Waals surface area (Å²) in [5, 5.41) is 2.98. The quantitative estimate of drug-likeness (QED) is 0.743. The van der Waals surface area contributed by atoms with Crippen molar-refractivity contribution in [3.8, 4) is 5.75 Å². The van der Waals surface area contributed by atoms with Gasteiger partial charge in [-0.15, -0.1) is 0 Å². The van der Waals surface area contributed by atoms with Gasteiger partial charge in [0.25, 0.3) is 0 Å². The lowest BCUT2D eigenvalue weighted by Crippen LogP contribution is -2.23. The first-order valence-corrected chi connectivity index (χ1v) is 7.70. The summed E-state index contributed by atoms with van der Waals surface area (Å²) in [5.41, 5.74) is 0.871. The lowest BCUT2D eigenvalue weighted by Gasteiger charge is -2.07. The van der Waals surface area contributed by atoms with E-state index < -0.39 is 16.4 Å². The van der Waals surface area contributed by atoms with Gasteiger partial charge in [-0.2, -0.15) is 8.78 Å². The number of benzene rings is 1. The zero-order valence-corrected chi connectivity index (χ0v) is 11.4. The van der Waals surface area contributed by atoms with Gasteiger partial charge >= 0.3 is 6.61 Å². The average Bonchev–Trinajstić information content (AvgIpc) is 2.36. The fraction of sp³-hybridized carbons (Fsp3) is 0.500. The summed E-state index contributed by atoms with van der Waals surface area (Å²) in [5.74, 6) is 0.331. The minimum absolute atomic E-state index is 0.0933. The molecule has 108 valence electrons. The Morgan fingerprint density at radius 3 is 2.42 bits per heavy atom. The van der Waals surface area contributed by atoms with Gasteiger partial charge in [0.1, 0.15) is 5.75 Å². The molecule has 19 heavy (non-hydrogen) atoms. The summed E-state index contributed by atoms with van der Waals surface area (Å²) >= 11 is 0. The van der Waals surface area contributed by atoms with E-state index in [1.807, 2.05) is 0 Å². The fourth-order valence-electron chi connectivity index (χ4n) is 1.39. The van der Waals surface area contributed by atoms with Crippen molar-refractivity contribution >= 4 is 9.84 Å². The second-order valence-electron chi connectivity index (χ2n) is 3.94. The number of sulfone groups is 1. The Morgan fingerprint density at radius 1 is 1.26 bits per heavy atom. The Bertz CT molecular complexity index is 474. The van der Waals surface area contributed by atoms with Crippen LogP contribution in [0, 0.1) is 0 Å². The molecular weight excluding hydrogens is 276 g/mol. The first kappa shape index (κ1) is 15.8. The van der Waals surface area contributed by atoms with Crippen molar-refractivity contribution in [2.45, 2.75) is 20.1 Å². The standard InChI is InChI=1S/C12H17F2NO3S/c1-2-19(16,17)8-7-15-9-10-3-5-11(6-4-10)18-12(13)14/h3-6,12,15H,2,7-9H2,1H3. The van der Waals surface area contributed by atoms with Crippen LogP contribution in [-0.4, -0.2) is 33.1 Å². The van der Waals surface area contributed by atoms with Gasteiger partial charge in [-0.25, -0.2) is 8.42 Å². The number of ether oxygens (including phenoxy) is 1. The zero-order valence-electron chi connectivity index (χ0n) is 10.6. The molecule has 0 fully saturated rings. The summed E-state index contributed by atoms with van der Waals surface area (Å²) in [6, 6.07) is 6.20. The van der Waals surface area contributed by atoms with Crippen molar-refractivity contribution in [1.82, 2.24) is 5.32 Å². The topological polar surface area (TPSA) is 55.4 Å². The van der Waals surface area contributed by atoms with E-state index in [1.165, 1.54) is 12.1 Å². The van der Waals surface area contributed by atoms with Gasteiger partial charge in [-0.3, -0.25) is 0 Å². The highest BCUT2D eigenvalue weighted by Gasteiger charge is 2.06. The van der Waals surface area contributed by atoms with Crippen LogP contribution >= 0.6 is 0 Å². The molecule has 0 saturated heterocycles. The van der Waals surface area contributed by atoms with Crippen molar-refractivity contribution in [2.24, 2.45) is 0 Å². The molecule has 0 aliphatic heterocycles. The minimum Gasteiger partial charge on any atom is -0.435 e. The molecule has 0 aromatic heterocycles. The highest BCUT2D eigenvalue weighted by atomic mass is 32.2. The van der Waals surface area contributed by atoms with Crippen LogP contribution in [0.2, 0.25) is 0 Å². The largest absolute Gasteiger partial charge is 0.435 e. The average molecular weight is 293 g/mol. The summed E-state index contributed by atoms with van der Waals surface area (Å²) in [4.78, 5) is 0. The monoisotopic (exact) mass is 293 g/mol. The normalized spacial score (nSPS) is 11.8. The van der Waals surface area contributed by atoms with Gasteiger partial charge in [0.05, 0.1) is 5.75 Å². The van der Waals surface area contributed by atoms with E-state index in [0.717, 1.165) is 5.56 Å². The van der Waals surface area contributed by atoms with Crippen LogP contribution < -0.4 is 10.1 Å². The van der Waals surface area contributed by atoms with Crippen molar-refractivity contribution in [3.05, 3.63) is 29.8 Å². The molecule has 7 heteroatoms. The minimum atomic E-state index is -2.96. The lowest BCUT2D eigenvalue weighted by molar-refractivity contribution is -0.0498. The van der Waals surface area contributed by atoms with E-state index >= 15 is 0 Å². The Hall–Kier alpha value is -1.21. The van der Waals surface area contributed by atoms with Crippen LogP contribution in [0.4, 0.5) is 8.78 Å². The first-order valence-electron chi connectivity index (χ1n) is 5.88. The first-order chi connectivity index (χ1) is 8.93. The molecule has 0 bridgehead atoms. The molecule has 0 aliphatic carbocycles. The molecule has 0 heterocycles. The molecular formula is C12H17F2NO3S. The maximum Gasteiger partial charge on any atom is 0.387 e.